The Balaban J connectivity index is 1.83. The number of carbonyl (C=O) groups is 2. The third-order valence-electron chi connectivity index (χ3n) is 3.61. The fourth-order valence-corrected chi connectivity index (χ4v) is 3.27. The van der Waals surface area contributed by atoms with Crippen molar-refractivity contribution in [2.24, 2.45) is 0 Å². The Kier molecular flexibility index (Phi) is 3.25. The topological polar surface area (TPSA) is 49.9 Å². The van der Waals surface area contributed by atoms with Gasteiger partial charge >= 0.3 is 0 Å². The van der Waals surface area contributed by atoms with E-state index in [9.17, 15) is 9.59 Å². The number of likely N-dealkylation sites (tertiary alicyclic amines) is 1. The molecule has 1 aromatic heterocycles. The summed E-state index contributed by atoms with van der Waals surface area (Å²) < 4.78 is 15.1. The molecule has 0 bridgehead atoms. The molecule has 0 radical (unpaired) electrons. The quantitative estimate of drug-likeness (QED) is 0.633. The largest absolute Gasteiger partial charge is 0.401 e. The standard InChI is InChI=1S/C13H15FN2O3S/c1-2-5-15-11(17)3-4-13(14,12(15)18)16-6-9-7-20-8-10(9)19-16/h7-8H,2-6H2,1H3/t13-/m0/s1. The number of amides is 2. The maximum absolute atomic E-state index is 15.1. The third kappa shape index (κ3) is 1.92. The van der Waals surface area contributed by atoms with Gasteiger partial charge in [0.15, 0.2) is 5.75 Å². The second kappa shape index (κ2) is 4.82. The van der Waals surface area contributed by atoms with Crippen LogP contribution in [-0.2, 0) is 16.1 Å². The molecule has 0 aliphatic carbocycles. The Labute approximate surface area is 119 Å². The molecule has 3 heterocycles. The predicted octanol–water partition coefficient (Wildman–Crippen LogP) is 2.08. The van der Waals surface area contributed by atoms with Crippen LogP contribution < -0.4 is 4.84 Å². The van der Waals surface area contributed by atoms with Gasteiger partial charge in [0.05, 0.1) is 6.54 Å². The van der Waals surface area contributed by atoms with Crippen LogP contribution in [-0.4, -0.2) is 34.1 Å². The van der Waals surface area contributed by atoms with Crippen molar-refractivity contribution in [3.8, 4) is 5.75 Å². The molecular formula is C13H15FN2O3S. The summed E-state index contributed by atoms with van der Waals surface area (Å²) in [7, 11) is 0. The molecule has 3 rings (SSSR count). The van der Waals surface area contributed by atoms with Crippen molar-refractivity contribution in [2.75, 3.05) is 6.54 Å². The maximum atomic E-state index is 15.1. The van der Waals surface area contributed by atoms with Gasteiger partial charge < -0.3 is 4.84 Å². The van der Waals surface area contributed by atoms with Gasteiger partial charge in [-0.3, -0.25) is 14.5 Å². The molecule has 2 amide bonds. The van der Waals surface area contributed by atoms with Crippen molar-refractivity contribution in [1.82, 2.24) is 9.96 Å². The fraction of sp³-hybridized carbons (Fsp3) is 0.538. The number of hydroxylamine groups is 2. The number of rotatable bonds is 3. The van der Waals surface area contributed by atoms with E-state index >= 15 is 4.39 Å². The number of hydrogen-bond acceptors (Lipinski definition) is 5. The van der Waals surface area contributed by atoms with Gasteiger partial charge in [-0.15, -0.1) is 11.3 Å². The molecule has 0 saturated carbocycles. The van der Waals surface area contributed by atoms with E-state index in [1.54, 1.807) is 5.38 Å². The normalized spacial score (nSPS) is 26.8. The zero-order valence-corrected chi connectivity index (χ0v) is 11.9. The van der Waals surface area contributed by atoms with Crippen LogP contribution >= 0.6 is 11.3 Å². The van der Waals surface area contributed by atoms with Crippen LogP contribution in [0.15, 0.2) is 10.8 Å². The summed E-state index contributed by atoms with van der Waals surface area (Å²) in [6.45, 7) is 2.33. The summed E-state index contributed by atoms with van der Waals surface area (Å²) in [6.07, 6.45) is 0.481. The Morgan fingerprint density at radius 2 is 2.25 bits per heavy atom. The third-order valence-corrected chi connectivity index (χ3v) is 4.38. The van der Waals surface area contributed by atoms with Gasteiger partial charge in [0.25, 0.3) is 11.7 Å². The van der Waals surface area contributed by atoms with Crippen LogP contribution in [0.2, 0.25) is 0 Å². The number of halogens is 1. The van der Waals surface area contributed by atoms with Gasteiger partial charge in [-0.25, -0.2) is 4.39 Å². The lowest BCUT2D eigenvalue weighted by molar-refractivity contribution is -0.218. The van der Waals surface area contributed by atoms with Gasteiger partial charge in [-0.1, -0.05) is 12.0 Å². The Bertz CT molecular complexity index is 541. The van der Waals surface area contributed by atoms with Gasteiger partial charge in [0, 0.05) is 30.3 Å². The summed E-state index contributed by atoms with van der Waals surface area (Å²) in [4.78, 5) is 30.5. The Morgan fingerprint density at radius 1 is 1.45 bits per heavy atom. The average Bonchev–Trinajstić information content (AvgIpc) is 3.00. The van der Waals surface area contributed by atoms with E-state index in [1.165, 1.54) is 11.3 Å². The minimum Gasteiger partial charge on any atom is -0.401 e. The minimum atomic E-state index is -2.25. The highest BCUT2D eigenvalue weighted by molar-refractivity contribution is 7.08. The summed E-state index contributed by atoms with van der Waals surface area (Å²) in [5.74, 6) is -2.76. The zero-order valence-electron chi connectivity index (χ0n) is 11.1. The second-order valence-corrected chi connectivity index (χ2v) is 5.74. The van der Waals surface area contributed by atoms with Gasteiger partial charge in [0.2, 0.25) is 5.91 Å². The monoisotopic (exact) mass is 298 g/mol. The number of hydrogen-bond donors (Lipinski definition) is 0. The molecular weight excluding hydrogens is 283 g/mol. The van der Waals surface area contributed by atoms with Crippen LogP contribution in [0, 0.1) is 0 Å². The Morgan fingerprint density at radius 3 is 2.95 bits per heavy atom. The predicted molar refractivity (Wildman–Crippen MR) is 70.6 cm³/mol. The Hall–Kier alpha value is -1.47. The van der Waals surface area contributed by atoms with Crippen LogP contribution in [0.4, 0.5) is 4.39 Å². The molecule has 5 nitrogen and oxygen atoms in total. The first kappa shape index (κ1) is 13.5. The van der Waals surface area contributed by atoms with E-state index in [2.05, 4.69) is 0 Å². The van der Waals surface area contributed by atoms with Crippen molar-refractivity contribution in [3.63, 3.8) is 0 Å². The van der Waals surface area contributed by atoms with Crippen molar-refractivity contribution in [3.05, 3.63) is 16.3 Å². The van der Waals surface area contributed by atoms with Gasteiger partial charge in [-0.05, 0) is 11.8 Å². The summed E-state index contributed by atoms with van der Waals surface area (Å²) in [6, 6.07) is 0. The van der Waals surface area contributed by atoms with E-state index in [1.807, 2.05) is 12.3 Å². The molecule has 0 unspecified atom stereocenters. The molecule has 2 aliphatic rings. The lowest BCUT2D eigenvalue weighted by atomic mass is 10.0. The molecule has 2 aliphatic heterocycles. The molecule has 0 aromatic carbocycles. The molecule has 20 heavy (non-hydrogen) atoms. The first-order valence-electron chi connectivity index (χ1n) is 6.60. The van der Waals surface area contributed by atoms with Gasteiger partial charge in [0.1, 0.15) is 0 Å². The number of nitrogens with zero attached hydrogens (tertiary/aromatic N) is 2. The smallest absolute Gasteiger partial charge is 0.285 e. The van der Waals surface area contributed by atoms with Crippen molar-refractivity contribution < 1.29 is 18.8 Å². The van der Waals surface area contributed by atoms with Crippen molar-refractivity contribution in [2.45, 2.75) is 38.5 Å². The van der Waals surface area contributed by atoms with Crippen molar-refractivity contribution in [1.29, 1.82) is 0 Å². The number of imide groups is 1. The van der Waals surface area contributed by atoms with E-state index < -0.39 is 11.7 Å². The van der Waals surface area contributed by atoms with Crippen LogP contribution in [0.1, 0.15) is 31.7 Å². The lowest BCUT2D eigenvalue weighted by Crippen LogP contribution is -2.61. The fourth-order valence-electron chi connectivity index (χ4n) is 2.53. The maximum Gasteiger partial charge on any atom is 0.285 e. The van der Waals surface area contributed by atoms with E-state index in [0.717, 1.165) is 15.5 Å². The number of thiophene rings is 1. The lowest BCUT2D eigenvalue weighted by Gasteiger charge is -2.38. The average molecular weight is 298 g/mol. The summed E-state index contributed by atoms with van der Waals surface area (Å²) >= 11 is 1.48. The SMILES string of the molecule is CCCN1C(=O)CC[C@](F)(N2Cc3cscc3O2)C1=O. The zero-order chi connectivity index (χ0) is 14.3. The molecule has 1 atom stereocenters. The van der Waals surface area contributed by atoms with Crippen LogP contribution in [0.5, 0.6) is 5.75 Å². The molecule has 1 aromatic rings. The highest BCUT2D eigenvalue weighted by Gasteiger charge is 2.54. The molecule has 0 N–H and O–H groups in total. The van der Waals surface area contributed by atoms with Crippen LogP contribution in [0.3, 0.4) is 0 Å². The van der Waals surface area contributed by atoms with Crippen LogP contribution in [0.25, 0.3) is 0 Å². The second-order valence-electron chi connectivity index (χ2n) is 5.00. The van der Waals surface area contributed by atoms with Crippen molar-refractivity contribution >= 4 is 23.2 Å². The minimum absolute atomic E-state index is 0.0228. The first-order valence-corrected chi connectivity index (χ1v) is 7.55. The highest BCUT2D eigenvalue weighted by Crippen LogP contribution is 2.40. The molecule has 108 valence electrons. The summed E-state index contributed by atoms with van der Waals surface area (Å²) in [5, 5.41) is 4.73. The van der Waals surface area contributed by atoms with Gasteiger partial charge in [-0.2, -0.15) is 0 Å². The number of piperidine rings is 1. The summed E-state index contributed by atoms with van der Waals surface area (Å²) in [5.41, 5.74) is 0.874. The molecule has 1 fully saturated rings. The van der Waals surface area contributed by atoms with E-state index in [4.69, 9.17) is 4.84 Å². The molecule has 0 spiro atoms. The molecule has 1 saturated heterocycles. The number of carbonyl (C=O) groups excluding carboxylic acids is 2. The molecule has 7 heteroatoms. The van der Waals surface area contributed by atoms with E-state index in [0.29, 0.717) is 12.2 Å². The number of alkyl halides is 1. The number of fused-ring (bicyclic) bond motifs is 1. The van der Waals surface area contributed by atoms with E-state index in [-0.39, 0.29) is 31.8 Å². The first-order chi connectivity index (χ1) is 9.56. The highest BCUT2D eigenvalue weighted by atomic mass is 32.1.